The average molecular weight is 412 g/mol. The molecular weight excluding hydrogens is 392 g/mol. The molecule has 2 fully saturated rings. The minimum Gasteiger partial charge on any atom is -0.391 e. The molecule has 31 heavy (non-hydrogen) atoms. The normalized spacial score (nSPS) is 18.1. The average Bonchev–Trinajstić information content (AvgIpc) is 3.58. The van der Waals surface area contributed by atoms with Gasteiger partial charge in [-0.25, -0.2) is 15.0 Å². The Bertz CT molecular complexity index is 1180. The van der Waals surface area contributed by atoms with Gasteiger partial charge in [-0.2, -0.15) is 5.26 Å². The molecule has 5 rings (SSSR count). The SMILES string of the molecule is N#Cc1ccnc(Nc2cc(C3CC3)cc(-c3ccc(N4C[C@H](O)CC4=O)nc3)n2)c1. The van der Waals surface area contributed by atoms with Gasteiger partial charge in [0.1, 0.15) is 17.5 Å². The number of anilines is 3. The van der Waals surface area contributed by atoms with Gasteiger partial charge in [0.15, 0.2) is 0 Å². The van der Waals surface area contributed by atoms with Gasteiger partial charge in [0, 0.05) is 18.0 Å². The minimum atomic E-state index is -0.646. The van der Waals surface area contributed by atoms with Gasteiger partial charge in [-0.15, -0.1) is 0 Å². The highest BCUT2D eigenvalue weighted by molar-refractivity contribution is 5.95. The van der Waals surface area contributed by atoms with E-state index in [1.165, 1.54) is 10.5 Å². The van der Waals surface area contributed by atoms with E-state index in [-0.39, 0.29) is 18.9 Å². The van der Waals surface area contributed by atoms with Crippen molar-refractivity contribution in [3.8, 4) is 17.3 Å². The number of β-amino-alcohol motifs (C(OH)–C–C–N with tert-alkyl or cyclic N) is 1. The van der Waals surface area contributed by atoms with Crippen molar-refractivity contribution in [1.29, 1.82) is 5.26 Å². The fraction of sp³-hybridized carbons (Fsp3) is 0.261. The van der Waals surface area contributed by atoms with E-state index >= 15 is 0 Å². The number of carbonyl (C=O) groups excluding carboxylic acids is 1. The van der Waals surface area contributed by atoms with Crippen molar-refractivity contribution >= 4 is 23.4 Å². The summed E-state index contributed by atoms with van der Waals surface area (Å²) in [5, 5.41) is 22.0. The third kappa shape index (κ3) is 4.09. The van der Waals surface area contributed by atoms with E-state index in [0.717, 1.165) is 24.1 Å². The third-order valence-electron chi connectivity index (χ3n) is 5.47. The highest BCUT2D eigenvalue weighted by atomic mass is 16.3. The van der Waals surface area contributed by atoms with Crippen molar-refractivity contribution in [3.05, 3.63) is 59.9 Å². The number of aliphatic hydroxyl groups excluding tert-OH is 1. The van der Waals surface area contributed by atoms with Crippen LogP contribution in [-0.2, 0) is 4.79 Å². The molecule has 0 spiro atoms. The summed E-state index contributed by atoms with van der Waals surface area (Å²) in [6, 6.07) is 13.2. The lowest BCUT2D eigenvalue weighted by atomic mass is 10.1. The van der Waals surface area contributed by atoms with Gasteiger partial charge in [0.25, 0.3) is 0 Å². The maximum atomic E-state index is 12.0. The van der Waals surface area contributed by atoms with Crippen LogP contribution in [0.1, 0.15) is 36.3 Å². The van der Waals surface area contributed by atoms with Crippen molar-refractivity contribution in [2.75, 3.05) is 16.8 Å². The number of pyridine rings is 3. The second-order valence-electron chi connectivity index (χ2n) is 7.88. The van der Waals surface area contributed by atoms with Gasteiger partial charge in [-0.05, 0) is 60.7 Å². The predicted octanol–water partition coefficient (Wildman–Crippen LogP) is 3.13. The lowest BCUT2D eigenvalue weighted by Crippen LogP contribution is -2.26. The number of nitriles is 1. The summed E-state index contributed by atoms with van der Waals surface area (Å²) in [4.78, 5) is 26.9. The smallest absolute Gasteiger partial charge is 0.230 e. The summed E-state index contributed by atoms with van der Waals surface area (Å²) in [7, 11) is 0. The zero-order valence-electron chi connectivity index (χ0n) is 16.7. The molecule has 0 radical (unpaired) electrons. The highest BCUT2D eigenvalue weighted by Gasteiger charge is 2.30. The van der Waals surface area contributed by atoms with Crippen LogP contribution in [0.2, 0.25) is 0 Å². The fourth-order valence-electron chi connectivity index (χ4n) is 3.72. The number of hydrogen-bond acceptors (Lipinski definition) is 7. The Balaban J connectivity index is 1.44. The van der Waals surface area contributed by atoms with Gasteiger partial charge in [0.2, 0.25) is 5.91 Å². The van der Waals surface area contributed by atoms with E-state index in [0.29, 0.717) is 28.9 Å². The van der Waals surface area contributed by atoms with Crippen molar-refractivity contribution in [3.63, 3.8) is 0 Å². The first-order valence-corrected chi connectivity index (χ1v) is 10.2. The van der Waals surface area contributed by atoms with Gasteiger partial charge < -0.3 is 10.4 Å². The van der Waals surface area contributed by atoms with Crippen LogP contribution in [0.4, 0.5) is 17.5 Å². The quantitative estimate of drug-likeness (QED) is 0.661. The monoisotopic (exact) mass is 412 g/mol. The number of aliphatic hydroxyl groups is 1. The summed E-state index contributed by atoms with van der Waals surface area (Å²) in [5.74, 6) is 2.14. The van der Waals surface area contributed by atoms with E-state index < -0.39 is 6.10 Å². The van der Waals surface area contributed by atoms with Crippen LogP contribution in [0.15, 0.2) is 48.8 Å². The lowest BCUT2D eigenvalue weighted by molar-refractivity contribution is -0.117. The maximum Gasteiger partial charge on any atom is 0.230 e. The summed E-state index contributed by atoms with van der Waals surface area (Å²) in [6.07, 6.45) is 5.08. The largest absolute Gasteiger partial charge is 0.391 e. The second-order valence-corrected chi connectivity index (χ2v) is 7.88. The highest BCUT2D eigenvalue weighted by Crippen LogP contribution is 2.42. The van der Waals surface area contributed by atoms with E-state index in [4.69, 9.17) is 10.2 Å². The Labute approximate surface area is 179 Å². The molecular formula is C23H20N6O2. The minimum absolute atomic E-state index is 0.125. The number of hydrogen-bond donors (Lipinski definition) is 2. The number of nitrogens with zero attached hydrogens (tertiary/aromatic N) is 5. The molecule has 1 saturated carbocycles. The van der Waals surface area contributed by atoms with Gasteiger partial charge in [-0.3, -0.25) is 9.69 Å². The van der Waals surface area contributed by atoms with Gasteiger partial charge >= 0.3 is 0 Å². The van der Waals surface area contributed by atoms with E-state index in [1.54, 1.807) is 30.6 Å². The first-order chi connectivity index (χ1) is 15.1. The second kappa shape index (κ2) is 7.78. The lowest BCUT2D eigenvalue weighted by Gasteiger charge is -2.15. The molecule has 3 aromatic heterocycles. The van der Waals surface area contributed by atoms with Crippen LogP contribution in [0.5, 0.6) is 0 Å². The Morgan fingerprint density at radius 3 is 2.68 bits per heavy atom. The number of rotatable bonds is 5. The number of carbonyl (C=O) groups is 1. The molecule has 1 aliphatic heterocycles. The van der Waals surface area contributed by atoms with Crippen LogP contribution < -0.4 is 10.2 Å². The number of amides is 1. The molecule has 154 valence electrons. The fourth-order valence-corrected chi connectivity index (χ4v) is 3.72. The predicted molar refractivity (Wildman–Crippen MR) is 115 cm³/mol. The van der Waals surface area contributed by atoms with Crippen molar-refractivity contribution in [2.45, 2.75) is 31.3 Å². The number of nitrogens with one attached hydrogen (secondary N) is 1. The molecule has 1 amide bonds. The van der Waals surface area contributed by atoms with Gasteiger partial charge in [-0.1, -0.05) is 0 Å². The zero-order valence-corrected chi connectivity index (χ0v) is 16.7. The van der Waals surface area contributed by atoms with E-state index in [2.05, 4.69) is 27.4 Å². The molecule has 0 aromatic carbocycles. The molecule has 1 aliphatic carbocycles. The maximum absolute atomic E-state index is 12.0. The molecule has 2 aliphatic rings. The zero-order chi connectivity index (χ0) is 21.4. The molecule has 1 atom stereocenters. The van der Waals surface area contributed by atoms with Gasteiger partial charge in [0.05, 0.1) is 36.4 Å². The van der Waals surface area contributed by atoms with Crippen molar-refractivity contribution < 1.29 is 9.90 Å². The molecule has 1 saturated heterocycles. The Morgan fingerprint density at radius 2 is 2.00 bits per heavy atom. The van der Waals surface area contributed by atoms with Crippen molar-refractivity contribution in [1.82, 2.24) is 15.0 Å². The molecule has 0 unspecified atom stereocenters. The molecule has 2 N–H and O–H groups in total. The van der Waals surface area contributed by atoms with Crippen LogP contribution in [-0.4, -0.2) is 38.6 Å². The Morgan fingerprint density at radius 1 is 1.13 bits per heavy atom. The van der Waals surface area contributed by atoms with Crippen LogP contribution >= 0.6 is 0 Å². The molecule has 3 aromatic rings. The van der Waals surface area contributed by atoms with E-state index in [1.807, 2.05) is 12.1 Å². The molecule has 0 bridgehead atoms. The van der Waals surface area contributed by atoms with Crippen molar-refractivity contribution in [2.24, 2.45) is 0 Å². The molecule has 8 nitrogen and oxygen atoms in total. The summed E-state index contributed by atoms with van der Waals surface area (Å²) in [6.45, 7) is 0.267. The Kier molecular flexibility index (Phi) is 4.81. The number of aromatic nitrogens is 3. The standard InChI is InChI=1S/C23H20N6O2/c24-11-14-5-6-25-20(7-14)28-21-9-17(15-1-2-15)8-19(27-21)16-3-4-22(26-12-16)29-13-18(30)10-23(29)31/h3-9,12,15,18,30H,1-2,10,13H2,(H,25,27,28)/t18-/m1/s1. The van der Waals surface area contributed by atoms with Crippen LogP contribution in [0.3, 0.4) is 0 Å². The molecule has 4 heterocycles. The van der Waals surface area contributed by atoms with E-state index in [9.17, 15) is 9.90 Å². The summed E-state index contributed by atoms with van der Waals surface area (Å²) >= 11 is 0. The van der Waals surface area contributed by atoms with Crippen LogP contribution in [0, 0.1) is 11.3 Å². The van der Waals surface area contributed by atoms with Crippen LogP contribution in [0.25, 0.3) is 11.3 Å². The topological polar surface area (TPSA) is 115 Å². The Hall–Kier alpha value is -3.83. The first-order valence-electron chi connectivity index (χ1n) is 10.2. The third-order valence-corrected chi connectivity index (χ3v) is 5.47. The molecule has 8 heteroatoms. The first kappa shape index (κ1) is 19.2. The summed E-state index contributed by atoms with van der Waals surface area (Å²) < 4.78 is 0. The summed E-state index contributed by atoms with van der Waals surface area (Å²) in [5.41, 5.74) is 3.33.